The van der Waals surface area contributed by atoms with E-state index in [1.807, 2.05) is 0 Å². The lowest BCUT2D eigenvalue weighted by molar-refractivity contribution is -0.146. The van der Waals surface area contributed by atoms with Gasteiger partial charge in [0.2, 0.25) is 17.7 Å². The molecule has 13 nitrogen and oxygen atoms in total. The van der Waals surface area contributed by atoms with Crippen molar-refractivity contribution >= 4 is 42.3 Å². The maximum atomic E-state index is 13.0. The second-order valence-corrected chi connectivity index (χ2v) is 7.92. The van der Waals surface area contributed by atoms with Crippen molar-refractivity contribution < 1.29 is 29.4 Å². The van der Waals surface area contributed by atoms with Crippen LogP contribution in [0.2, 0.25) is 0 Å². The van der Waals surface area contributed by atoms with Crippen molar-refractivity contribution in [2.24, 2.45) is 22.2 Å². The molecule has 0 aliphatic carbocycles. The summed E-state index contributed by atoms with van der Waals surface area (Å²) in [6.45, 7) is 1.76. The number of amides is 3. The maximum Gasteiger partial charge on any atom is 0.326 e. The van der Waals surface area contributed by atoms with Gasteiger partial charge in [0.1, 0.15) is 18.1 Å². The van der Waals surface area contributed by atoms with Crippen LogP contribution in [0, 0.1) is 0 Å². The molecular weight excluding hydrogens is 442 g/mol. The largest absolute Gasteiger partial charge is 0.480 e. The minimum Gasteiger partial charge on any atom is -0.480 e. The number of thiol groups is 1. The molecule has 10 N–H and O–H groups in total. The van der Waals surface area contributed by atoms with Gasteiger partial charge in [0, 0.05) is 18.8 Å². The highest BCUT2D eigenvalue weighted by molar-refractivity contribution is 7.80. The predicted molar refractivity (Wildman–Crippen MR) is 120 cm³/mol. The van der Waals surface area contributed by atoms with Crippen LogP contribution in [0.1, 0.15) is 32.6 Å². The van der Waals surface area contributed by atoms with Gasteiger partial charge in [-0.1, -0.05) is 0 Å². The topological polar surface area (TPSA) is 226 Å². The first kappa shape index (κ1) is 27.5. The standard InChI is InChI=1S/C18H33N7O6S/c1-9(26)13(24-14(27)10(19)8-32)16(29)25-7-3-5-12(25)15(28)23-11(17(30)31)4-2-6-22-18(20)21/h9-13,26,32H,2-8,19H2,1H3,(H,23,28)(H,24,27)(H,30,31)(H4,20,21,22). The van der Waals surface area contributed by atoms with Crippen LogP contribution in [0.5, 0.6) is 0 Å². The Balaban J connectivity index is 2.85. The number of hydrogen-bond acceptors (Lipinski definition) is 8. The first-order chi connectivity index (χ1) is 15.0. The van der Waals surface area contributed by atoms with Crippen LogP contribution in [0.3, 0.4) is 0 Å². The monoisotopic (exact) mass is 475 g/mol. The Morgan fingerprint density at radius 2 is 1.91 bits per heavy atom. The van der Waals surface area contributed by atoms with Crippen molar-refractivity contribution in [1.82, 2.24) is 15.5 Å². The molecule has 5 unspecified atom stereocenters. The van der Waals surface area contributed by atoms with Crippen LogP contribution in [-0.4, -0.2) is 93.9 Å². The Labute approximate surface area is 191 Å². The van der Waals surface area contributed by atoms with Crippen LogP contribution in [0.25, 0.3) is 0 Å². The van der Waals surface area contributed by atoms with Crippen LogP contribution in [-0.2, 0) is 19.2 Å². The Hall–Kier alpha value is -2.58. The van der Waals surface area contributed by atoms with Crippen LogP contribution >= 0.6 is 12.6 Å². The van der Waals surface area contributed by atoms with E-state index in [4.69, 9.17) is 17.2 Å². The van der Waals surface area contributed by atoms with Gasteiger partial charge in [-0.25, -0.2) is 4.79 Å². The fourth-order valence-electron chi connectivity index (χ4n) is 3.24. The average Bonchev–Trinajstić information content (AvgIpc) is 3.22. The lowest BCUT2D eigenvalue weighted by Gasteiger charge is -2.31. The number of carbonyl (C=O) groups is 4. The van der Waals surface area contributed by atoms with Crippen molar-refractivity contribution in [2.45, 2.75) is 62.9 Å². The number of aliphatic carboxylic acids is 1. The number of carboxylic acid groups (broad SMARTS) is 1. The normalized spacial score (nSPS) is 19.4. The summed E-state index contributed by atoms with van der Waals surface area (Å²) in [5, 5.41) is 24.3. The van der Waals surface area contributed by atoms with Crippen molar-refractivity contribution in [1.29, 1.82) is 0 Å². The van der Waals surface area contributed by atoms with Gasteiger partial charge in [0.25, 0.3) is 0 Å². The Kier molecular flexibility index (Phi) is 11.2. The van der Waals surface area contributed by atoms with Gasteiger partial charge in [-0.15, -0.1) is 0 Å². The van der Waals surface area contributed by atoms with Gasteiger partial charge >= 0.3 is 5.97 Å². The maximum absolute atomic E-state index is 13.0. The molecule has 1 heterocycles. The number of nitrogens with one attached hydrogen (secondary N) is 2. The molecule has 1 saturated heterocycles. The van der Waals surface area contributed by atoms with Gasteiger partial charge < -0.3 is 42.9 Å². The summed E-state index contributed by atoms with van der Waals surface area (Å²) >= 11 is 3.93. The van der Waals surface area contributed by atoms with E-state index in [2.05, 4.69) is 28.3 Å². The van der Waals surface area contributed by atoms with Gasteiger partial charge in [0.15, 0.2) is 5.96 Å². The van der Waals surface area contributed by atoms with Crippen molar-refractivity contribution in [3.05, 3.63) is 0 Å². The zero-order chi connectivity index (χ0) is 24.4. The summed E-state index contributed by atoms with van der Waals surface area (Å²) in [6, 6.07) is -4.40. The molecule has 0 aromatic carbocycles. The van der Waals surface area contributed by atoms with Crippen molar-refractivity contribution in [3.8, 4) is 0 Å². The third kappa shape index (κ3) is 8.16. The quantitative estimate of drug-likeness (QED) is 0.0612. The molecule has 0 aromatic rings. The number of nitrogens with zero attached hydrogens (tertiary/aromatic N) is 2. The third-order valence-corrected chi connectivity index (χ3v) is 5.37. The zero-order valence-electron chi connectivity index (χ0n) is 17.9. The summed E-state index contributed by atoms with van der Waals surface area (Å²) in [6.07, 6.45) is -0.0153. The van der Waals surface area contributed by atoms with Crippen LogP contribution in [0.15, 0.2) is 4.99 Å². The van der Waals surface area contributed by atoms with E-state index in [-0.39, 0.29) is 31.2 Å². The number of nitrogens with two attached hydrogens (primary N) is 3. The molecule has 1 rings (SSSR count). The van der Waals surface area contributed by atoms with Crippen LogP contribution in [0.4, 0.5) is 0 Å². The van der Waals surface area contributed by atoms with Gasteiger partial charge in [0.05, 0.1) is 12.1 Å². The van der Waals surface area contributed by atoms with Crippen molar-refractivity contribution in [3.63, 3.8) is 0 Å². The van der Waals surface area contributed by atoms with E-state index >= 15 is 0 Å². The lowest BCUT2D eigenvalue weighted by atomic mass is 10.1. The highest BCUT2D eigenvalue weighted by Gasteiger charge is 2.40. The van der Waals surface area contributed by atoms with Gasteiger partial charge in [-0.3, -0.25) is 19.4 Å². The highest BCUT2D eigenvalue weighted by atomic mass is 32.1. The Morgan fingerprint density at radius 1 is 1.25 bits per heavy atom. The molecule has 0 saturated carbocycles. The molecule has 182 valence electrons. The summed E-state index contributed by atoms with van der Waals surface area (Å²) < 4.78 is 0. The third-order valence-electron chi connectivity index (χ3n) is 4.98. The summed E-state index contributed by atoms with van der Waals surface area (Å²) in [5.74, 6) is -3.25. The fourth-order valence-corrected chi connectivity index (χ4v) is 3.41. The van der Waals surface area contributed by atoms with Crippen molar-refractivity contribution in [2.75, 3.05) is 18.8 Å². The number of carbonyl (C=O) groups excluding carboxylic acids is 3. The number of rotatable bonds is 12. The number of aliphatic hydroxyl groups is 1. The molecule has 0 spiro atoms. The fraction of sp³-hybridized carbons (Fsp3) is 0.722. The lowest BCUT2D eigenvalue weighted by Crippen LogP contribution is -2.59. The zero-order valence-corrected chi connectivity index (χ0v) is 18.8. The van der Waals surface area contributed by atoms with E-state index in [1.54, 1.807) is 0 Å². The second-order valence-electron chi connectivity index (χ2n) is 7.55. The number of aliphatic imine (C=N–C) groups is 1. The summed E-state index contributed by atoms with van der Waals surface area (Å²) in [7, 11) is 0. The molecule has 5 atom stereocenters. The summed E-state index contributed by atoms with van der Waals surface area (Å²) in [5.41, 5.74) is 16.1. The molecule has 0 aromatic heterocycles. The van der Waals surface area contributed by atoms with E-state index < -0.39 is 54.0 Å². The minimum atomic E-state index is -1.31. The average molecular weight is 476 g/mol. The Bertz CT molecular complexity index is 716. The number of hydrogen-bond donors (Lipinski definition) is 8. The molecule has 1 aliphatic rings. The predicted octanol–water partition coefficient (Wildman–Crippen LogP) is -3.28. The number of likely N-dealkylation sites (tertiary alicyclic amines) is 1. The number of carboxylic acids is 1. The Morgan fingerprint density at radius 3 is 2.44 bits per heavy atom. The molecule has 32 heavy (non-hydrogen) atoms. The molecule has 1 aliphatic heterocycles. The highest BCUT2D eigenvalue weighted by Crippen LogP contribution is 2.20. The van der Waals surface area contributed by atoms with E-state index in [1.165, 1.54) is 11.8 Å². The number of guanidine groups is 1. The molecule has 0 radical (unpaired) electrons. The first-order valence-corrected chi connectivity index (χ1v) is 10.9. The van der Waals surface area contributed by atoms with E-state index in [9.17, 15) is 29.4 Å². The number of aliphatic hydroxyl groups excluding tert-OH is 1. The van der Waals surface area contributed by atoms with Crippen LogP contribution < -0.4 is 27.8 Å². The van der Waals surface area contributed by atoms with E-state index in [0.717, 1.165) is 0 Å². The van der Waals surface area contributed by atoms with Gasteiger partial charge in [-0.2, -0.15) is 12.6 Å². The second kappa shape index (κ2) is 13.1. The van der Waals surface area contributed by atoms with E-state index in [0.29, 0.717) is 19.3 Å². The molecule has 3 amide bonds. The first-order valence-electron chi connectivity index (χ1n) is 10.2. The SMILES string of the molecule is CC(O)C(NC(=O)C(N)CS)C(=O)N1CCCC1C(=O)NC(CCCN=C(N)N)C(=O)O. The molecule has 14 heteroatoms. The molecule has 0 bridgehead atoms. The molecular formula is C18H33N7O6S. The summed E-state index contributed by atoms with van der Waals surface area (Å²) in [4.78, 5) is 54.4. The van der Waals surface area contributed by atoms with Gasteiger partial charge in [-0.05, 0) is 32.6 Å². The minimum absolute atomic E-state index is 0.0427. The molecule has 1 fully saturated rings. The smallest absolute Gasteiger partial charge is 0.326 e.